The number of nitriles is 1. The van der Waals surface area contributed by atoms with Crippen LogP contribution in [0.4, 0.5) is 0 Å². The Hall–Kier alpha value is -1.33. The summed E-state index contributed by atoms with van der Waals surface area (Å²) in [6, 6.07) is 12.9. The van der Waals surface area contributed by atoms with Gasteiger partial charge in [0.15, 0.2) is 0 Å². The van der Waals surface area contributed by atoms with Crippen LogP contribution in [-0.2, 0) is 0 Å². The van der Waals surface area contributed by atoms with E-state index in [0.717, 1.165) is 13.1 Å². The van der Waals surface area contributed by atoms with Crippen molar-refractivity contribution >= 4 is 0 Å². The molecule has 2 atom stereocenters. The molecule has 0 aromatic heterocycles. The van der Waals surface area contributed by atoms with Crippen molar-refractivity contribution in [3.8, 4) is 6.07 Å². The Morgan fingerprint density at radius 1 is 1.12 bits per heavy atom. The van der Waals surface area contributed by atoms with Gasteiger partial charge in [0.05, 0.1) is 6.07 Å². The molecule has 0 saturated carbocycles. The van der Waals surface area contributed by atoms with E-state index >= 15 is 0 Å². The van der Waals surface area contributed by atoms with Crippen LogP contribution in [0.25, 0.3) is 0 Å². The van der Waals surface area contributed by atoms with Gasteiger partial charge in [-0.05, 0) is 31.5 Å². The van der Waals surface area contributed by atoms with Crippen molar-refractivity contribution in [2.45, 2.75) is 38.1 Å². The van der Waals surface area contributed by atoms with Crippen LogP contribution in [0.3, 0.4) is 0 Å². The second-order valence-electron chi connectivity index (χ2n) is 4.87. The van der Waals surface area contributed by atoms with Crippen molar-refractivity contribution < 1.29 is 0 Å². The Morgan fingerprint density at radius 3 is 2.35 bits per heavy atom. The molecule has 2 rings (SSSR count). The first-order chi connectivity index (χ1) is 8.33. The molecule has 2 unspecified atom stereocenters. The average Bonchev–Trinajstić information content (AvgIpc) is 2.42. The fourth-order valence-electron chi connectivity index (χ4n) is 2.65. The lowest BCUT2D eigenvalue weighted by Crippen LogP contribution is -2.41. The van der Waals surface area contributed by atoms with Crippen LogP contribution < -0.4 is 0 Å². The molecule has 1 aromatic rings. The van der Waals surface area contributed by atoms with Gasteiger partial charge in [0.1, 0.15) is 6.04 Å². The van der Waals surface area contributed by atoms with E-state index in [0.29, 0.717) is 5.92 Å². The molecule has 17 heavy (non-hydrogen) atoms. The Morgan fingerprint density at radius 2 is 1.76 bits per heavy atom. The van der Waals surface area contributed by atoms with E-state index in [1.165, 1.54) is 24.8 Å². The lowest BCUT2D eigenvalue weighted by atomic mass is 9.92. The third-order valence-electron chi connectivity index (χ3n) is 3.72. The number of piperidine rings is 1. The first kappa shape index (κ1) is 12.1. The topological polar surface area (TPSA) is 27.0 Å². The maximum Gasteiger partial charge on any atom is 0.104 e. The van der Waals surface area contributed by atoms with E-state index in [-0.39, 0.29) is 6.04 Å². The van der Waals surface area contributed by atoms with Gasteiger partial charge in [0, 0.05) is 5.92 Å². The zero-order valence-corrected chi connectivity index (χ0v) is 10.5. The highest BCUT2D eigenvalue weighted by Gasteiger charge is 2.26. The molecule has 1 fully saturated rings. The van der Waals surface area contributed by atoms with E-state index in [9.17, 15) is 5.26 Å². The number of nitrogens with zero attached hydrogens (tertiary/aromatic N) is 2. The molecule has 0 bridgehead atoms. The second-order valence-corrected chi connectivity index (χ2v) is 4.87. The molecule has 90 valence electrons. The molecular formula is C15H20N2. The molecule has 1 saturated heterocycles. The van der Waals surface area contributed by atoms with Crippen LogP contribution >= 0.6 is 0 Å². The summed E-state index contributed by atoms with van der Waals surface area (Å²) in [6.07, 6.45) is 3.79. The van der Waals surface area contributed by atoms with Crippen LogP contribution in [0.15, 0.2) is 30.3 Å². The molecule has 2 heteroatoms. The van der Waals surface area contributed by atoms with E-state index in [1.54, 1.807) is 0 Å². The molecule has 1 heterocycles. The Kier molecular flexibility index (Phi) is 4.17. The van der Waals surface area contributed by atoms with E-state index in [1.807, 2.05) is 6.07 Å². The first-order valence-electron chi connectivity index (χ1n) is 6.51. The first-order valence-corrected chi connectivity index (χ1v) is 6.51. The highest BCUT2D eigenvalue weighted by atomic mass is 15.2. The van der Waals surface area contributed by atoms with Gasteiger partial charge in [-0.1, -0.05) is 43.7 Å². The van der Waals surface area contributed by atoms with Crippen molar-refractivity contribution in [1.82, 2.24) is 4.90 Å². The Bertz CT molecular complexity index is 374. The molecule has 0 spiro atoms. The predicted octanol–water partition coefficient (Wildman–Crippen LogP) is 3.17. The van der Waals surface area contributed by atoms with Crippen molar-refractivity contribution in [1.29, 1.82) is 5.26 Å². The van der Waals surface area contributed by atoms with Gasteiger partial charge >= 0.3 is 0 Å². The fraction of sp³-hybridized carbons (Fsp3) is 0.533. The smallest absolute Gasteiger partial charge is 0.104 e. The number of benzene rings is 1. The number of rotatable bonds is 3. The summed E-state index contributed by atoms with van der Waals surface area (Å²) in [4.78, 5) is 2.35. The van der Waals surface area contributed by atoms with Crippen molar-refractivity contribution in [3.63, 3.8) is 0 Å². The zero-order chi connectivity index (χ0) is 12.1. The number of hydrogen-bond donors (Lipinski definition) is 0. The average molecular weight is 228 g/mol. The molecule has 2 nitrogen and oxygen atoms in total. The third kappa shape index (κ3) is 2.87. The van der Waals surface area contributed by atoms with E-state index < -0.39 is 0 Å². The van der Waals surface area contributed by atoms with Gasteiger partial charge in [0.25, 0.3) is 0 Å². The Balaban J connectivity index is 2.10. The van der Waals surface area contributed by atoms with Crippen LogP contribution in [-0.4, -0.2) is 24.0 Å². The minimum Gasteiger partial charge on any atom is -0.288 e. The molecule has 0 N–H and O–H groups in total. The molecule has 0 amide bonds. The van der Waals surface area contributed by atoms with Crippen molar-refractivity contribution in [2.75, 3.05) is 13.1 Å². The van der Waals surface area contributed by atoms with Gasteiger partial charge in [0.2, 0.25) is 0 Å². The van der Waals surface area contributed by atoms with Gasteiger partial charge < -0.3 is 0 Å². The minimum absolute atomic E-state index is 0.0256. The summed E-state index contributed by atoms with van der Waals surface area (Å²) in [5.74, 6) is 0.291. The van der Waals surface area contributed by atoms with Crippen molar-refractivity contribution in [3.05, 3.63) is 35.9 Å². The van der Waals surface area contributed by atoms with Crippen molar-refractivity contribution in [2.24, 2.45) is 0 Å². The monoisotopic (exact) mass is 228 g/mol. The highest BCUT2D eigenvalue weighted by molar-refractivity contribution is 5.23. The van der Waals surface area contributed by atoms with E-state index in [2.05, 4.69) is 42.2 Å². The van der Waals surface area contributed by atoms with Gasteiger partial charge in [-0.25, -0.2) is 0 Å². The van der Waals surface area contributed by atoms with Crippen LogP contribution in [0.1, 0.15) is 37.7 Å². The summed E-state index contributed by atoms with van der Waals surface area (Å²) in [5, 5.41) is 9.42. The van der Waals surface area contributed by atoms with Gasteiger partial charge in [-0.2, -0.15) is 5.26 Å². The van der Waals surface area contributed by atoms with Crippen LogP contribution in [0.5, 0.6) is 0 Å². The third-order valence-corrected chi connectivity index (χ3v) is 3.72. The van der Waals surface area contributed by atoms with E-state index in [4.69, 9.17) is 0 Å². The highest BCUT2D eigenvalue weighted by Crippen LogP contribution is 2.25. The summed E-state index contributed by atoms with van der Waals surface area (Å²) < 4.78 is 0. The fourth-order valence-corrected chi connectivity index (χ4v) is 2.65. The lowest BCUT2D eigenvalue weighted by Gasteiger charge is -2.33. The number of hydrogen-bond acceptors (Lipinski definition) is 2. The van der Waals surface area contributed by atoms with Crippen LogP contribution in [0, 0.1) is 11.3 Å². The largest absolute Gasteiger partial charge is 0.288 e. The van der Waals surface area contributed by atoms with Crippen LogP contribution in [0.2, 0.25) is 0 Å². The zero-order valence-electron chi connectivity index (χ0n) is 10.5. The normalized spacial score (nSPS) is 20.5. The molecule has 1 aliphatic rings. The lowest BCUT2D eigenvalue weighted by molar-refractivity contribution is 0.179. The quantitative estimate of drug-likeness (QED) is 0.794. The summed E-state index contributed by atoms with van der Waals surface area (Å²) in [7, 11) is 0. The maximum absolute atomic E-state index is 9.42. The summed E-state index contributed by atoms with van der Waals surface area (Å²) >= 11 is 0. The van der Waals surface area contributed by atoms with Gasteiger partial charge in [-0.15, -0.1) is 0 Å². The predicted molar refractivity (Wildman–Crippen MR) is 69.7 cm³/mol. The standard InChI is InChI=1S/C15H20N2/c1-13(14-8-4-2-5-9-14)15(12-16)17-10-6-3-7-11-17/h2,4-5,8-9,13,15H,3,6-7,10-11H2,1H3. The minimum atomic E-state index is 0.0256. The number of likely N-dealkylation sites (tertiary alicyclic amines) is 1. The molecule has 1 aliphatic heterocycles. The summed E-state index contributed by atoms with van der Waals surface area (Å²) in [5.41, 5.74) is 1.27. The maximum atomic E-state index is 9.42. The molecule has 0 aliphatic carbocycles. The Labute approximate surface area is 104 Å². The molecular weight excluding hydrogens is 208 g/mol. The SMILES string of the molecule is CC(c1ccccc1)C(C#N)N1CCCCC1. The molecule has 1 aromatic carbocycles. The second kappa shape index (κ2) is 5.84. The molecule has 0 radical (unpaired) electrons. The summed E-state index contributed by atoms with van der Waals surface area (Å²) in [6.45, 7) is 4.32. The van der Waals surface area contributed by atoms with Gasteiger partial charge in [-0.3, -0.25) is 4.90 Å².